The maximum absolute atomic E-state index is 12.5. The van der Waals surface area contributed by atoms with E-state index in [2.05, 4.69) is 32.8 Å². The van der Waals surface area contributed by atoms with Crippen molar-refractivity contribution >= 4 is 41.8 Å². The summed E-state index contributed by atoms with van der Waals surface area (Å²) in [6, 6.07) is 5.78. The number of allylic oxidation sites excluding steroid dienone is 2. The Morgan fingerprint density at radius 2 is 2.00 bits per heavy atom. The molecule has 0 aliphatic heterocycles. The smallest absolute Gasteiger partial charge is 0.303 e. The first-order chi connectivity index (χ1) is 14.4. The van der Waals surface area contributed by atoms with Crippen molar-refractivity contribution in [3.05, 3.63) is 48.7 Å². The lowest BCUT2D eigenvalue weighted by Gasteiger charge is -2.17. The molecular weight excluding hydrogens is 390 g/mol. The average molecular weight is 415 g/mol. The molecule has 0 radical (unpaired) electrons. The molecule has 1 aromatic carbocycles. The van der Waals surface area contributed by atoms with E-state index in [0.29, 0.717) is 23.5 Å². The standard InChI is InChI=1S/C20H25N5O5/c1-3-14(23-13-26)11-21-12-22-15-6-5-7-16(10-15)24-20(30)17(8-9-19(28)29)25-18(27)4-2/h3-7,10-11,13,17,22H,2,8-9,12H2,1H3,(H,23,26)(H,24,30)(H,25,27)(H,28,29)/b14-3+,21-11-. The summed E-state index contributed by atoms with van der Waals surface area (Å²) in [5, 5.41) is 19.4. The lowest BCUT2D eigenvalue weighted by atomic mass is 10.1. The first-order valence-electron chi connectivity index (χ1n) is 9.05. The summed E-state index contributed by atoms with van der Waals surface area (Å²) in [4.78, 5) is 49.4. The molecule has 0 fully saturated rings. The van der Waals surface area contributed by atoms with Crippen LogP contribution < -0.4 is 21.3 Å². The van der Waals surface area contributed by atoms with Crippen molar-refractivity contribution in [2.45, 2.75) is 25.8 Å². The van der Waals surface area contributed by atoms with Gasteiger partial charge in [0.1, 0.15) is 12.7 Å². The highest BCUT2D eigenvalue weighted by atomic mass is 16.4. The highest BCUT2D eigenvalue weighted by molar-refractivity contribution is 5.99. The number of rotatable bonds is 13. The number of amides is 3. The summed E-state index contributed by atoms with van der Waals surface area (Å²) < 4.78 is 0. The van der Waals surface area contributed by atoms with E-state index in [1.807, 2.05) is 0 Å². The molecule has 0 aliphatic rings. The van der Waals surface area contributed by atoms with Crippen LogP contribution in [0.25, 0.3) is 0 Å². The molecule has 3 amide bonds. The third-order valence-electron chi connectivity index (χ3n) is 3.74. The molecule has 1 rings (SSSR count). The van der Waals surface area contributed by atoms with Gasteiger partial charge in [0, 0.05) is 24.0 Å². The quantitative estimate of drug-likeness (QED) is 0.186. The van der Waals surface area contributed by atoms with E-state index in [1.165, 1.54) is 6.21 Å². The number of aliphatic carboxylic acids is 1. The largest absolute Gasteiger partial charge is 0.481 e. The Morgan fingerprint density at radius 3 is 2.63 bits per heavy atom. The van der Waals surface area contributed by atoms with Crippen molar-refractivity contribution in [3.8, 4) is 0 Å². The molecular formula is C20H25N5O5. The number of anilines is 2. The number of carbonyl (C=O) groups excluding carboxylic acids is 3. The van der Waals surface area contributed by atoms with E-state index in [4.69, 9.17) is 5.11 Å². The number of carboxylic acid groups (broad SMARTS) is 1. The molecule has 5 N–H and O–H groups in total. The molecule has 0 aliphatic carbocycles. The van der Waals surface area contributed by atoms with Crippen LogP contribution in [-0.4, -0.2) is 48.2 Å². The molecule has 0 spiro atoms. The third-order valence-corrected chi connectivity index (χ3v) is 3.74. The number of carbonyl (C=O) groups is 4. The maximum atomic E-state index is 12.5. The van der Waals surface area contributed by atoms with Gasteiger partial charge < -0.3 is 26.4 Å². The van der Waals surface area contributed by atoms with Crippen LogP contribution in [0.5, 0.6) is 0 Å². The van der Waals surface area contributed by atoms with Crippen LogP contribution >= 0.6 is 0 Å². The zero-order valence-corrected chi connectivity index (χ0v) is 16.6. The fourth-order valence-electron chi connectivity index (χ4n) is 2.25. The molecule has 30 heavy (non-hydrogen) atoms. The van der Waals surface area contributed by atoms with Crippen molar-refractivity contribution in [1.29, 1.82) is 0 Å². The molecule has 10 nitrogen and oxygen atoms in total. The normalized spacial score (nSPS) is 12.0. The summed E-state index contributed by atoms with van der Waals surface area (Å²) in [5.41, 5.74) is 1.69. The second kappa shape index (κ2) is 13.3. The van der Waals surface area contributed by atoms with E-state index >= 15 is 0 Å². The summed E-state index contributed by atoms with van der Waals surface area (Å²) in [7, 11) is 0. The average Bonchev–Trinajstić information content (AvgIpc) is 2.73. The van der Waals surface area contributed by atoms with Crippen molar-refractivity contribution in [3.63, 3.8) is 0 Å². The first-order valence-corrected chi connectivity index (χ1v) is 9.05. The molecule has 1 aromatic rings. The van der Waals surface area contributed by atoms with Gasteiger partial charge in [0.2, 0.25) is 18.2 Å². The van der Waals surface area contributed by atoms with E-state index < -0.39 is 23.8 Å². The molecule has 1 atom stereocenters. The Labute approximate surface area is 174 Å². The second-order valence-corrected chi connectivity index (χ2v) is 5.92. The zero-order chi connectivity index (χ0) is 22.4. The van der Waals surface area contributed by atoms with Crippen LogP contribution in [0.4, 0.5) is 11.4 Å². The predicted octanol–water partition coefficient (Wildman–Crippen LogP) is 1.25. The van der Waals surface area contributed by atoms with Crippen LogP contribution in [-0.2, 0) is 19.2 Å². The Morgan fingerprint density at radius 1 is 1.27 bits per heavy atom. The predicted molar refractivity (Wildman–Crippen MR) is 114 cm³/mol. The van der Waals surface area contributed by atoms with Crippen LogP contribution in [0.15, 0.2) is 53.7 Å². The molecule has 0 saturated carbocycles. The van der Waals surface area contributed by atoms with E-state index in [9.17, 15) is 19.2 Å². The molecule has 0 bridgehead atoms. The van der Waals surface area contributed by atoms with E-state index in [0.717, 1.165) is 6.08 Å². The fourth-order valence-corrected chi connectivity index (χ4v) is 2.25. The van der Waals surface area contributed by atoms with Crippen LogP contribution in [0.3, 0.4) is 0 Å². The Balaban J connectivity index is 2.72. The lowest BCUT2D eigenvalue weighted by molar-refractivity contribution is -0.137. The van der Waals surface area contributed by atoms with Crippen molar-refractivity contribution in [2.24, 2.45) is 4.99 Å². The monoisotopic (exact) mass is 415 g/mol. The minimum Gasteiger partial charge on any atom is -0.481 e. The minimum absolute atomic E-state index is 0.0600. The van der Waals surface area contributed by atoms with Gasteiger partial charge in [0.25, 0.3) is 0 Å². The highest BCUT2D eigenvalue weighted by Gasteiger charge is 2.21. The Hall–Kier alpha value is -3.95. The number of benzene rings is 1. The number of nitrogens with zero attached hydrogens (tertiary/aromatic N) is 1. The number of carboxylic acids is 1. The molecule has 0 heterocycles. The van der Waals surface area contributed by atoms with Gasteiger partial charge in [-0.3, -0.25) is 24.2 Å². The molecule has 10 heteroatoms. The van der Waals surface area contributed by atoms with Gasteiger partial charge in [-0.05, 0) is 37.6 Å². The summed E-state index contributed by atoms with van der Waals surface area (Å²) >= 11 is 0. The summed E-state index contributed by atoms with van der Waals surface area (Å²) in [6.45, 7) is 5.31. The maximum Gasteiger partial charge on any atom is 0.303 e. The number of hydrogen-bond acceptors (Lipinski definition) is 6. The van der Waals surface area contributed by atoms with E-state index in [1.54, 1.807) is 37.3 Å². The van der Waals surface area contributed by atoms with E-state index in [-0.39, 0.29) is 19.5 Å². The second-order valence-electron chi connectivity index (χ2n) is 5.92. The van der Waals surface area contributed by atoms with Crippen molar-refractivity contribution < 1.29 is 24.3 Å². The SMILES string of the molecule is C=CC(=O)NC(CCC(=O)O)C(=O)Nc1cccc(NC/N=C\C(=C/C)NC=O)c1. The number of hydrogen-bond donors (Lipinski definition) is 5. The molecule has 0 aromatic heterocycles. The molecule has 160 valence electrons. The van der Waals surface area contributed by atoms with Gasteiger partial charge in [-0.2, -0.15) is 0 Å². The third kappa shape index (κ3) is 9.31. The van der Waals surface area contributed by atoms with Gasteiger partial charge >= 0.3 is 5.97 Å². The van der Waals surface area contributed by atoms with Crippen LogP contribution in [0.2, 0.25) is 0 Å². The molecule has 0 saturated heterocycles. The van der Waals surface area contributed by atoms with Crippen LogP contribution in [0.1, 0.15) is 19.8 Å². The minimum atomic E-state index is -1.07. The van der Waals surface area contributed by atoms with Gasteiger partial charge in [0.05, 0.1) is 5.70 Å². The summed E-state index contributed by atoms with van der Waals surface area (Å²) in [6.07, 6.45) is 4.43. The topological polar surface area (TPSA) is 149 Å². The number of aliphatic imine (C=N–C) groups is 1. The Bertz CT molecular complexity index is 835. The van der Waals surface area contributed by atoms with Gasteiger partial charge in [-0.1, -0.05) is 18.7 Å². The van der Waals surface area contributed by atoms with Gasteiger partial charge in [-0.15, -0.1) is 0 Å². The summed E-state index contributed by atoms with van der Waals surface area (Å²) in [5.74, 6) is -2.19. The van der Waals surface area contributed by atoms with Gasteiger partial charge in [-0.25, -0.2) is 0 Å². The Kier molecular flexibility index (Phi) is 10.7. The van der Waals surface area contributed by atoms with Crippen molar-refractivity contribution in [1.82, 2.24) is 10.6 Å². The fraction of sp³-hybridized carbons (Fsp3) is 0.250. The van der Waals surface area contributed by atoms with Crippen molar-refractivity contribution in [2.75, 3.05) is 17.3 Å². The van der Waals surface area contributed by atoms with Gasteiger partial charge in [0.15, 0.2) is 0 Å². The number of nitrogens with one attached hydrogen (secondary N) is 4. The molecule has 1 unspecified atom stereocenters. The lowest BCUT2D eigenvalue weighted by Crippen LogP contribution is -2.43. The first kappa shape index (κ1) is 24.1. The highest BCUT2D eigenvalue weighted by Crippen LogP contribution is 2.15. The zero-order valence-electron chi connectivity index (χ0n) is 16.6. The van der Waals surface area contributed by atoms with Crippen LogP contribution in [0, 0.1) is 0 Å².